The monoisotopic (exact) mass is 463 g/mol. The van der Waals surface area contributed by atoms with Gasteiger partial charge >= 0.3 is 6.36 Å². The Labute approximate surface area is 194 Å². The average molecular weight is 463 g/mol. The number of rotatable bonds is 5. The summed E-state index contributed by atoms with van der Waals surface area (Å²) in [7, 11) is 0. The predicted octanol–water partition coefficient (Wildman–Crippen LogP) is 5.06. The Morgan fingerprint density at radius 3 is 2.59 bits per heavy atom. The molecule has 3 aromatic heterocycles. The largest absolute Gasteiger partial charge is 0.573 e. The zero-order valence-electron chi connectivity index (χ0n) is 18.0. The first-order valence-corrected chi connectivity index (χ1v) is 10.7. The van der Waals surface area contributed by atoms with Crippen LogP contribution in [0.15, 0.2) is 73.3 Å². The minimum atomic E-state index is -4.76. The van der Waals surface area contributed by atoms with Crippen LogP contribution >= 0.6 is 0 Å². The maximum Gasteiger partial charge on any atom is 0.573 e. The number of para-hydroxylation sites is 1. The maximum atomic E-state index is 12.7. The standard InChI is InChI=1S/C25H20F3N5O/c26-25(27,28)34-23-6-2-1-5-20(23)22-8-7-17(12-30-22)15-33-11-9-21-19(16-33)14-31-24(32-21)18-4-3-10-29-13-18/h1-8,10,12-14H,9,11,15-16H2. The highest BCUT2D eigenvalue weighted by Gasteiger charge is 2.32. The van der Waals surface area contributed by atoms with E-state index in [0.29, 0.717) is 30.2 Å². The van der Waals surface area contributed by atoms with Crippen LogP contribution in [0, 0.1) is 0 Å². The van der Waals surface area contributed by atoms with E-state index in [1.807, 2.05) is 24.4 Å². The molecule has 0 radical (unpaired) electrons. The molecule has 0 N–H and O–H groups in total. The van der Waals surface area contributed by atoms with Crippen molar-refractivity contribution in [2.75, 3.05) is 6.54 Å². The average Bonchev–Trinajstić information content (AvgIpc) is 2.84. The number of ether oxygens (including phenoxy) is 1. The Morgan fingerprint density at radius 2 is 1.82 bits per heavy atom. The third kappa shape index (κ3) is 5.04. The highest BCUT2D eigenvalue weighted by Crippen LogP contribution is 2.32. The van der Waals surface area contributed by atoms with Crippen LogP contribution in [0.3, 0.4) is 0 Å². The van der Waals surface area contributed by atoms with Crippen molar-refractivity contribution in [2.24, 2.45) is 0 Å². The lowest BCUT2D eigenvalue weighted by atomic mass is 10.1. The number of aromatic nitrogens is 4. The summed E-state index contributed by atoms with van der Waals surface area (Å²) in [5.41, 5.74) is 4.70. The van der Waals surface area contributed by atoms with Gasteiger partial charge in [0.05, 0.1) is 11.4 Å². The summed E-state index contributed by atoms with van der Waals surface area (Å²) in [6, 6.07) is 13.4. The molecule has 5 rings (SSSR count). The van der Waals surface area contributed by atoms with Crippen LogP contribution in [-0.2, 0) is 19.5 Å². The van der Waals surface area contributed by atoms with Gasteiger partial charge in [-0.25, -0.2) is 9.97 Å². The zero-order chi connectivity index (χ0) is 23.5. The van der Waals surface area contributed by atoms with Gasteiger partial charge in [0.15, 0.2) is 5.82 Å². The predicted molar refractivity (Wildman–Crippen MR) is 119 cm³/mol. The van der Waals surface area contributed by atoms with E-state index in [0.717, 1.165) is 35.3 Å². The molecule has 6 nitrogen and oxygen atoms in total. The van der Waals surface area contributed by atoms with Crippen molar-refractivity contribution in [1.29, 1.82) is 0 Å². The van der Waals surface area contributed by atoms with E-state index in [1.54, 1.807) is 36.8 Å². The highest BCUT2D eigenvalue weighted by atomic mass is 19.4. The van der Waals surface area contributed by atoms with Crippen LogP contribution in [-0.4, -0.2) is 37.7 Å². The number of halogens is 3. The highest BCUT2D eigenvalue weighted by molar-refractivity contribution is 5.67. The zero-order valence-corrected chi connectivity index (χ0v) is 18.0. The topological polar surface area (TPSA) is 64.0 Å². The maximum absolute atomic E-state index is 12.7. The van der Waals surface area contributed by atoms with Crippen molar-refractivity contribution in [1.82, 2.24) is 24.8 Å². The van der Waals surface area contributed by atoms with Gasteiger partial charge in [0.2, 0.25) is 0 Å². The molecule has 0 spiro atoms. The molecule has 34 heavy (non-hydrogen) atoms. The van der Waals surface area contributed by atoms with Crippen LogP contribution in [0.2, 0.25) is 0 Å². The van der Waals surface area contributed by atoms with Gasteiger partial charge < -0.3 is 4.74 Å². The molecule has 1 aliphatic heterocycles. The second-order valence-electron chi connectivity index (χ2n) is 7.96. The smallest absolute Gasteiger partial charge is 0.405 e. The van der Waals surface area contributed by atoms with Crippen LogP contribution in [0.5, 0.6) is 5.75 Å². The molecule has 172 valence electrons. The van der Waals surface area contributed by atoms with Crippen molar-refractivity contribution in [2.45, 2.75) is 25.9 Å². The summed E-state index contributed by atoms with van der Waals surface area (Å²) in [6.07, 6.45) is 3.08. The number of nitrogens with zero attached hydrogens (tertiary/aromatic N) is 5. The molecule has 1 aromatic carbocycles. The van der Waals surface area contributed by atoms with Crippen LogP contribution in [0.25, 0.3) is 22.6 Å². The molecule has 0 aliphatic carbocycles. The molecular weight excluding hydrogens is 443 g/mol. The third-order valence-corrected chi connectivity index (χ3v) is 5.55. The number of alkyl halides is 3. The van der Waals surface area contributed by atoms with E-state index < -0.39 is 6.36 Å². The third-order valence-electron chi connectivity index (χ3n) is 5.55. The summed E-state index contributed by atoms with van der Waals surface area (Å²) >= 11 is 0. The van der Waals surface area contributed by atoms with E-state index >= 15 is 0 Å². The van der Waals surface area contributed by atoms with E-state index in [9.17, 15) is 13.2 Å². The Balaban J connectivity index is 1.27. The van der Waals surface area contributed by atoms with Gasteiger partial charge in [-0.3, -0.25) is 14.9 Å². The second kappa shape index (κ2) is 9.18. The number of fused-ring (bicyclic) bond motifs is 1. The summed E-state index contributed by atoms with van der Waals surface area (Å²) in [5.74, 6) is 0.406. The number of pyridine rings is 2. The van der Waals surface area contributed by atoms with E-state index in [4.69, 9.17) is 4.98 Å². The molecule has 0 bridgehead atoms. The molecule has 4 aromatic rings. The SMILES string of the molecule is FC(F)(F)Oc1ccccc1-c1ccc(CN2CCc3nc(-c4cccnc4)ncc3C2)cn1. The molecule has 0 atom stereocenters. The lowest BCUT2D eigenvalue weighted by molar-refractivity contribution is -0.274. The Morgan fingerprint density at radius 1 is 0.941 bits per heavy atom. The molecule has 4 heterocycles. The Kier molecular flexibility index (Phi) is 5.93. The number of hydrogen-bond acceptors (Lipinski definition) is 6. The fourth-order valence-electron chi connectivity index (χ4n) is 3.97. The van der Waals surface area contributed by atoms with Gasteiger partial charge in [-0.15, -0.1) is 13.2 Å². The summed E-state index contributed by atoms with van der Waals surface area (Å²) < 4.78 is 42.3. The first-order chi connectivity index (χ1) is 16.4. The lowest BCUT2D eigenvalue weighted by Gasteiger charge is -2.28. The van der Waals surface area contributed by atoms with E-state index in [2.05, 4.69) is 24.6 Å². The molecule has 0 saturated heterocycles. The molecule has 1 aliphatic rings. The van der Waals surface area contributed by atoms with E-state index in [1.165, 1.54) is 12.1 Å². The Hall–Kier alpha value is -3.85. The molecule has 0 fully saturated rings. The van der Waals surface area contributed by atoms with Crippen molar-refractivity contribution < 1.29 is 17.9 Å². The number of hydrogen-bond donors (Lipinski definition) is 0. The van der Waals surface area contributed by atoms with Gasteiger partial charge in [-0.1, -0.05) is 18.2 Å². The summed E-state index contributed by atoms with van der Waals surface area (Å²) in [4.78, 5) is 20.0. The van der Waals surface area contributed by atoms with Gasteiger partial charge in [-0.05, 0) is 35.9 Å². The van der Waals surface area contributed by atoms with E-state index in [-0.39, 0.29) is 5.75 Å². The summed E-state index contributed by atoms with van der Waals surface area (Å²) in [5, 5.41) is 0. The van der Waals surface area contributed by atoms with Crippen molar-refractivity contribution in [3.05, 3.63) is 90.1 Å². The molecule has 9 heteroatoms. The molecule has 0 saturated carbocycles. The first-order valence-electron chi connectivity index (χ1n) is 10.7. The second-order valence-corrected chi connectivity index (χ2v) is 7.96. The first kappa shape index (κ1) is 22.0. The van der Waals surface area contributed by atoms with Crippen LogP contribution in [0.4, 0.5) is 13.2 Å². The minimum absolute atomic E-state index is 0.270. The molecule has 0 unspecified atom stereocenters. The van der Waals surface area contributed by atoms with Crippen molar-refractivity contribution >= 4 is 0 Å². The van der Waals surface area contributed by atoms with Gasteiger partial charge in [0.1, 0.15) is 5.75 Å². The normalized spacial score (nSPS) is 14.0. The molecular formula is C25H20F3N5O. The van der Waals surface area contributed by atoms with Crippen LogP contribution in [0.1, 0.15) is 16.8 Å². The fraction of sp³-hybridized carbons (Fsp3) is 0.200. The minimum Gasteiger partial charge on any atom is -0.405 e. The van der Waals surface area contributed by atoms with Gasteiger partial charge in [0.25, 0.3) is 0 Å². The van der Waals surface area contributed by atoms with Gasteiger partial charge in [-0.2, -0.15) is 0 Å². The summed E-state index contributed by atoms with van der Waals surface area (Å²) in [6.45, 7) is 2.21. The fourth-order valence-corrected chi connectivity index (χ4v) is 3.97. The quantitative estimate of drug-likeness (QED) is 0.412. The lowest BCUT2D eigenvalue weighted by Crippen LogP contribution is -2.31. The number of benzene rings is 1. The van der Waals surface area contributed by atoms with Crippen molar-refractivity contribution in [3.8, 4) is 28.4 Å². The van der Waals surface area contributed by atoms with Crippen molar-refractivity contribution in [3.63, 3.8) is 0 Å². The van der Waals surface area contributed by atoms with Gasteiger partial charge in [0, 0.05) is 67.5 Å². The Bertz CT molecular complexity index is 1280. The molecule has 0 amide bonds. The van der Waals surface area contributed by atoms with Crippen LogP contribution < -0.4 is 4.74 Å².